The zero-order valence-electron chi connectivity index (χ0n) is 18.2. The maximum Gasteiger partial charge on any atom is 0.243 e. The molecule has 31 heavy (non-hydrogen) atoms. The van der Waals surface area contributed by atoms with Crippen molar-refractivity contribution in [3.8, 4) is 0 Å². The van der Waals surface area contributed by atoms with Crippen molar-refractivity contribution in [3.05, 3.63) is 65.2 Å². The highest BCUT2D eigenvalue weighted by atomic mass is 32.2. The molecule has 0 radical (unpaired) electrons. The van der Waals surface area contributed by atoms with Crippen LogP contribution in [0.2, 0.25) is 0 Å². The summed E-state index contributed by atoms with van der Waals surface area (Å²) in [5.41, 5.74) is 4.06. The molecule has 1 heterocycles. The summed E-state index contributed by atoms with van der Waals surface area (Å²) in [6, 6.07) is 15.2. The van der Waals surface area contributed by atoms with Crippen molar-refractivity contribution in [3.63, 3.8) is 0 Å². The molecule has 1 fully saturated rings. The fraction of sp³-hybridized carbons (Fsp3) is 0.480. The van der Waals surface area contributed by atoms with Crippen LogP contribution in [0, 0.1) is 5.92 Å². The van der Waals surface area contributed by atoms with E-state index in [9.17, 15) is 13.2 Å². The van der Waals surface area contributed by atoms with Crippen molar-refractivity contribution < 1.29 is 13.2 Å². The van der Waals surface area contributed by atoms with Crippen molar-refractivity contribution in [2.75, 3.05) is 13.1 Å². The minimum Gasteiger partial charge on any atom is -0.349 e. The number of hydrogen-bond acceptors (Lipinski definition) is 3. The number of nitrogens with one attached hydrogen (secondary N) is 1. The lowest BCUT2D eigenvalue weighted by Gasteiger charge is -2.31. The highest BCUT2D eigenvalue weighted by molar-refractivity contribution is 7.89. The van der Waals surface area contributed by atoms with E-state index in [2.05, 4.69) is 30.4 Å². The third-order valence-electron chi connectivity index (χ3n) is 6.71. The minimum absolute atomic E-state index is 0.00538. The fourth-order valence-electron chi connectivity index (χ4n) is 4.78. The summed E-state index contributed by atoms with van der Waals surface area (Å²) in [5, 5.41) is 3.24. The van der Waals surface area contributed by atoms with E-state index in [-0.39, 0.29) is 17.9 Å². The predicted octanol–water partition coefficient (Wildman–Crippen LogP) is 4.23. The zero-order valence-corrected chi connectivity index (χ0v) is 19.0. The average Bonchev–Trinajstić information content (AvgIpc) is 2.82. The minimum atomic E-state index is -3.49. The SMILES string of the molecule is CC[C@H](NC(=O)C1CCN(S(=O)(=O)c2ccccc2)CC1)c1ccc2c(c1)CCCC2. The van der Waals surface area contributed by atoms with Gasteiger partial charge in [-0.2, -0.15) is 4.31 Å². The van der Waals surface area contributed by atoms with E-state index < -0.39 is 10.0 Å². The van der Waals surface area contributed by atoms with Crippen LogP contribution in [0.3, 0.4) is 0 Å². The number of amides is 1. The Morgan fingerprint density at radius 2 is 1.71 bits per heavy atom. The maximum absolute atomic E-state index is 13.0. The van der Waals surface area contributed by atoms with Crippen molar-refractivity contribution in [1.29, 1.82) is 0 Å². The second-order valence-electron chi connectivity index (χ2n) is 8.70. The molecule has 0 spiro atoms. The van der Waals surface area contributed by atoms with E-state index in [0.29, 0.717) is 30.8 Å². The molecule has 5 nitrogen and oxygen atoms in total. The number of aryl methyl sites for hydroxylation is 2. The Morgan fingerprint density at radius 3 is 2.39 bits per heavy atom. The van der Waals surface area contributed by atoms with Crippen LogP contribution in [0.5, 0.6) is 0 Å². The van der Waals surface area contributed by atoms with Gasteiger partial charge in [-0.1, -0.05) is 43.3 Å². The first kappa shape index (κ1) is 22.0. The molecule has 1 amide bonds. The van der Waals surface area contributed by atoms with Gasteiger partial charge in [0, 0.05) is 19.0 Å². The molecule has 2 aromatic carbocycles. The van der Waals surface area contributed by atoms with Gasteiger partial charge in [0.1, 0.15) is 0 Å². The molecule has 0 saturated carbocycles. The lowest BCUT2D eigenvalue weighted by Crippen LogP contribution is -2.43. The number of hydrogen-bond donors (Lipinski definition) is 1. The van der Waals surface area contributed by atoms with Crippen LogP contribution >= 0.6 is 0 Å². The molecule has 1 aliphatic heterocycles. The third-order valence-corrected chi connectivity index (χ3v) is 8.62. The van der Waals surface area contributed by atoms with E-state index in [1.807, 2.05) is 6.07 Å². The molecule has 1 aliphatic carbocycles. The lowest BCUT2D eigenvalue weighted by atomic mass is 9.88. The standard InChI is InChI=1S/C25H32N2O3S/c1-2-24(22-13-12-19-8-6-7-9-21(19)18-22)26-25(28)20-14-16-27(17-15-20)31(29,30)23-10-4-3-5-11-23/h3-5,10-13,18,20,24H,2,6-9,14-17H2,1H3,(H,26,28)/t24-/m0/s1. The first-order chi connectivity index (χ1) is 15.0. The molecular formula is C25H32N2O3S. The van der Waals surface area contributed by atoms with Crippen LogP contribution in [0.25, 0.3) is 0 Å². The van der Waals surface area contributed by atoms with Gasteiger partial charge in [0.15, 0.2) is 0 Å². The maximum atomic E-state index is 13.0. The van der Waals surface area contributed by atoms with E-state index in [1.54, 1.807) is 24.3 Å². The number of carbonyl (C=O) groups is 1. The Kier molecular flexibility index (Phi) is 6.77. The first-order valence-corrected chi connectivity index (χ1v) is 12.9. The van der Waals surface area contributed by atoms with Crippen LogP contribution < -0.4 is 5.32 Å². The Hall–Kier alpha value is -2.18. The molecule has 2 aliphatic rings. The highest BCUT2D eigenvalue weighted by Crippen LogP contribution is 2.28. The smallest absolute Gasteiger partial charge is 0.243 e. The van der Waals surface area contributed by atoms with Crippen LogP contribution in [0.4, 0.5) is 0 Å². The van der Waals surface area contributed by atoms with Gasteiger partial charge in [0.2, 0.25) is 15.9 Å². The molecule has 1 saturated heterocycles. The van der Waals surface area contributed by atoms with Gasteiger partial charge in [-0.25, -0.2) is 8.42 Å². The lowest BCUT2D eigenvalue weighted by molar-refractivity contribution is -0.126. The van der Waals surface area contributed by atoms with E-state index in [4.69, 9.17) is 0 Å². The van der Waals surface area contributed by atoms with Crippen LogP contribution in [-0.2, 0) is 27.7 Å². The van der Waals surface area contributed by atoms with E-state index in [1.165, 1.54) is 33.8 Å². The average molecular weight is 441 g/mol. The van der Waals surface area contributed by atoms with Crippen molar-refractivity contribution in [2.24, 2.45) is 5.92 Å². The number of sulfonamides is 1. The Balaban J connectivity index is 1.37. The summed E-state index contributed by atoms with van der Waals surface area (Å²) < 4.78 is 27.1. The summed E-state index contributed by atoms with van der Waals surface area (Å²) in [6.07, 6.45) is 6.73. The summed E-state index contributed by atoms with van der Waals surface area (Å²) >= 11 is 0. The predicted molar refractivity (Wildman–Crippen MR) is 122 cm³/mol. The summed E-state index contributed by atoms with van der Waals surface area (Å²) in [6.45, 7) is 2.86. The normalized spacial score (nSPS) is 18.9. The molecule has 6 heteroatoms. The largest absolute Gasteiger partial charge is 0.349 e. The monoisotopic (exact) mass is 440 g/mol. The fourth-order valence-corrected chi connectivity index (χ4v) is 6.27. The Bertz CT molecular complexity index is 1010. The Morgan fingerprint density at radius 1 is 1.03 bits per heavy atom. The molecule has 0 unspecified atom stereocenters. The number of benzene rings is 2. The van der Waals surface area contributed by atoms with E-state index >= 15 is 0 Å². The molecule has 166 valence electrons. The number of carbonyl (C=O) groups excluding carboxylic acids is 1. The summed E-state index contributed by atoms with van der Waals surface area (Å²) in [5.74, 6) is -0.102. The van der Waals surface area contributed by atoms with Gasteiger partial charge >= 0.3 is 0 Å². The Labute approximate surface area is 185 Å². The molecular weight excluding hydrogens is 408 g/mol. The summed E-state index contributed by atoms with van der Waals surface area (Å²) in [7, 11) is -3.49. The van der Waals surface area contributed by atoms with Gasteiger partial charge in [0.05, 0.1) is 10.9 Å². The number of piperidine rings is 1. The van der Waals surface area contributed by atoms with Crippen molar-refractivity contribution in [1.82, 2.24) is 9.62 Å². The van der Waals surface area contributed by atoms with E-state index in [0.717, 1.165) is 19.3 Å². The number of fused-ring (bicyclic) bond motifs is 1. The van der Waals surface area contributed by atoms with Crippen molar-refractivity contribution >= 4 is 15.9 Å². The quantitative estimate of drug-likeness (QED) is 0.731. The van der Waals surface area contributed by atoms with Gasteiger partial charge < -0.3 is 5.32 Å². The molecule has 0 aromatic heterocycles. The number of nitrogens with zero attached hydrogens (tertiary/aromatic N) is 1. The molecule has 2 aromatic rings. The van der Waals surface area contributed by atoms with Crippen LogP contribution in [0.1, 0.15) is 61.8 Å². The van der Waals surface area contributed by atoms with Gasteiger partial charge in [-0.05, 0) is 73.8 Å². The van der Waals surface area contributed by atoms with Crippen molar-refractivity contribution in [2.45, 2.75) is 62.8 Å². The van der Waals surface area contributed by atoms with Gasteiger partial charge in [0.25, 0.3) is 0 Å². The zero-order chi connectivity index (χ0) is 21.8. The topological polar surface area (TPSA) is 66.5 Å². The molecule has 4 rings (SSSR count). The number of rotatable bonds is 6. The first-order valence-electron chi connectivity index (χ1n) is 11.5. The molecule has 1 atom stereocenters. The second-order valence-corrected chi connectivity index (χ2v) is 10.6. The second kappa shape index (κ2) is 9.53. The van der Waals surface area contributed by atoms with Gasteiger partial charge in [-0.15, -0.1) is 0 Å². The van der Waals surface area contributed by atoms with Gasteiger partial charge in [-0.3, -0.25) is 4.79 Å². The summed E-state index contributed by atoms with van der Waals surface area (Å²) in [4.78, 5) is 13.3. The molecule has 1 N–H and O–H groups in total. The highest BCUT2D eigenvalue weighted by Gasteiger charge is 2.32. The third kappa shape index (κ3) is 4.85. The molecule has 0 bridgehead atoms. The van der Waals surface area contributed by atoms with Crippen LogP contribution in [-0.4, -0.2) is 31.7 Å². The van der Waals surface area contributed by atoms with Crippen LogP contribution in [0.15, 0.2) is 53.4 Å².